The monoisotopic (exact) mass is 450 g/mol. The number of hydrogen-bond donors (Lipinski definition) is 2. The van der Waals surface area contributed by atoms with Gasteiger partial charge in [0.15, 0.2) is 0 Å². The van der Waals surface area contributed by atoms with Gasteiger partial charge in [-0.3, -0.25) is 0 Å². The van der Waals surface area contributed by atoms with Crippen LogP contribution in [0.1, 0.15) is 87.1 Å². The first-order valence-corrected chi connectivity index (χ1v) is 11.6. The number of rotatable bonds is 2. The highest BCUT2D eigenvalue weighted by atomic mass is 16.3. The molecule has 3 aromatic rings. The molecular weight excluding hydrogens is 416 g/mol. The van der Waals surface area contributed by atoms with Gasteiger partial charge < -0.3 is 10.2 Å². The van der Waals surface area contributed by atoms with Crippen LogP contribution in [0.2, 0.25) is 0 Å². The third kappa shape index (κ3) is 6.61. The normalized spacial score (nSPS) is 13.2. The highest BCUT2D eigenvalue weighted by molar-refractivity contribution is 5.44. The van der Waals surface area contributed by atoms with Gasteiger partial charge >= 0.3 is 0 Å². The van der Waals surface area contributed by atoms with Gasteiger partial charge in [-0.05, 0) is 57.3 Å². The van der Waals surface area contributed by atoms with Crippen molar-refractivity contribution in [2.45, 2.75) is 64.6 Å². The van der Waals surface area contributed by atoms with E-state index >= 15 is 0 Å². The Bertz CT molecular complexity index is 1130. The van der Waals surface area contributed by atoms with E-state index < -0.39 is 12.2 Å². The molecule has 0 heterocycles. The SMILES string of the molecule is CC(C)(C)c1ccc(C#CC(O)c2ccccc2C(O)C#Cc2ccc(C(C)(C)C)cc2)cc1. The summed E-state index contributed by atoms with van der Waals surface area (Å²) in [6.07, 6.45) is -2.05. The summed E-state index contributed by atoms with van der Waals surface area (Å²) in [6, 6.07) is 23.4. The van der Waals surface area contributed by atoms with E-state index in [9.17, 15) is 10.2 Å². The molecule has 0 aromatic heterocycles. The fourth-order valence-corrected chi connectivity index (χ4v) is 3.57. The second-order valence-electron chi connectivity index (χ2n) is 10.6. The maximum absolute atomic E-state index is 10.8. The average molecular weight is 451 g/mol. The molecule has 0 aliphatic carbocycles. The van der Waals surface area contributed by atoms with Crippen LogP contribution in [0.3, 0.4) is 0 Å². The van der Waals surface area contributed by atoms with Crippen molar-refractivity contribution in [3.8, 4) is 23.7 Å². The molecule has 0 bridgehead atoms. The summed E-state index contributed by atoms with van der Waals surface area (Å²) in [5.41, 5.74) is 5.42. The fourth-order valence-electron chi connectivity index (χ4n) is 3.57. The molecule has 2 nitrogen and oxygen atoms in total. The van der Waals surface area contributed by atoms with Gasteiger partial charge in [0.1, 0.15) is 12.2 Å². The Morgan fingerprint density at radius 3 is 1.15 bits per heavy atom. The molecular formula is C32H34O2. The van der Waals surface area contributed by atoms with Crippen LogP contribution in [0, 0.1) is 23.7 Å². The summed E-state index contributed by atoms with van der Waals surface area (Å²) >= 11 is 0. The molecule has 0 spiro atoms. The van der Waals surface area contributed by atoms with E-state index in [0.717, 1.165) is 11.1 Å². The van der Waals surface area contributed by atoms with E-state index in [0.29, 0.717) is 11.1 Å². The molecule has 3 rings (SSSR count). The van der Waals surface area contributed by atoms with Gasteiger partial charge in [0.05, 0.1) is 0 Å². The van der Waals surface area contributed by atoms with E-state index in [1.807, 2.05) is 36.4 Å². The Kier molecular flexibility index (Phi) is 7.68. The minimum atomic E-state index is -1.03. The summed E-state index contributed by atoms with van der Waals surface area (Å²) in [6.45, 7) is 13.0. The Morgan fingerprint density at radius 1 is 0.529 bits per heavy atom. The highest BCUT2D eigenvalue weighted by Gasteiger charge is 2.16. The maximum Gasteiger partial charge on any atom is 0.141 e. The fraction of sp³-hybridized carbons (Fsp3) is 0.312. The third-order valence-electron chi connectivity index (χ3n) is 5.79. The molecule has 2 atom stereocenters. The highest BCUT2D eigenvalue weighted by Crippen LogP contribution is 2.25. The molecule has 0 aliphatic heterocycles. The summed E-state index contributed by atoms with van der Waals surface area (Å²) in [5, 5.41) is 21.5. The van der Waals surface area contributed by atoms with Crippen molar-refractivity contribution in [1.29, 1.82) is 0 Å². The zero-order valence-electron chi connectivity index (χ0n) is 21.0. The van der Waals surface area contributed by atoms with Crippen LogP contribution >= 0.6 is 0 Å². The van der Waals surface area contributed by atoms with Crippen molar-refractivity contribution in [2.75, 3.05) is 0 Å². The quantitative estimate of drug-likeness (QED) is 0.440. The first-order chi connectivity index (χ1) is 15.9. The average Bonchev–Trinajstić information content (AvgIpc) is 2.80. The maximum atomic E-state index is 10.8. The number of aliphatic hydroxyl groups is 2. The molecule has 0 aliphatic rings. The van der Waals surface area contributed by atoms with Crippen LogP contribution in [0.5, 0.6) is 0 Å². The molecule has 0 saturated heterocycles. The van der Waals surface area contributed by atoms with Crippen molar-refractivity contribution in [3.63, 3.8) is 0 Å². The second-order valence-corrected chi connectivity index (χ2v) is 10.6. The molecule has 0 saturated carbocycles. The van der Waals surface area contributed by atoms with Gasteiger partial charge in [-0.1, -0.05) is 114 Å². The molecule has 2 N–H and O–H groups in total. The number of hydrogen-bond acceptors (Lipinski definition) is 2. The van der Waals surface area contributed by atoms with Gasteiger partial charge in [-0.25, -0.2) is 0 Å². The number of aliphatic hydroxyl groups excluding tert-OH is 2. The van der Waals surface area contributed by atoms with Crippen molar-refractivity contribution in [1.82, 2.24) is 0 Å². The lowest BCUT2D eigenvalue weighted by molar-refractivity contribution is 0.215. The van der Waals surface area contributed by atoms with Crippen LogP contribution in [0.4, 0.5) is 0 Å². The predicted octanol–water partition coefficient (Wildman–Crippen LogP) is 6.45. The lowest BCUT2D eigenvalue weighted by Crippen LogP contribution is -2.10. The van der Waals surface area contributed by atoms with Crippen molar-refractivity contribution >= 4 is 0 Å². The Hall–Kier alpha value is -3.30. The largest absolute Gasteiger partial charge is 0.376 e. The summed E-state index contributed by atoms with van der Waals surface area (Å²) in [5.74, 6) is 11.9. The summed E-state index contributed by atoms with van der Waals surface area (Å²) in [4.78, 5) is 0. The van der Waals surface area contributed by atoms with E-state index in [1.165, 1.54) is 11.1 Å². The zero-order chi connectivity index (χ0) is 24.9. The van der Waals surface area contributed by atoms with Crippen LogP contribution in [-0.4, -0.2) is 10.2 Å². The first-order valence-electron chi connectivity index (χ1n) is 11.6. The molecule has 0 amide bonds. The van der Waals surface area contributed by atoms with E-state index in [1.54, 1.807) is 12.1 Å². The van der Waals surface area contributed by atoms with Gasteiger partial charge in [0.2, 0.25) is 0 Å². The zero-order valence-corrected chi connectivity index (χ0v) is 21.0. The van der Waals surface area contributed by atoms with Crippen molar-refractivity contribution in [2.24, 2.45) is 0 Å². The second kappa shape index (κ2) is 10.3. The molecule has 34 heavy (non-hydrogen) atoms. The smallest absolute Gasteiger partial charge is 0.141 e. The van der Waals surface area contributed by atoms with Crippen LogP contribution in [-0.2, 0) is 10.8 Å². The van der Waals surface area contributed by atoms with Gasteiger partial charge in [0.25, 0.3) is 0 Å². The van der Waals surface area contributed by atoms with Gasteiger partial charge in [0, 0.05) is 11.1 Å². The lowest BCUT2D eigenvalue weighted by atomic mass is 9.87. The van der Waals surface area contributed by atoms with E-state index in [-0.39, 0.29) is 10.8 Å². The standard InChI is InChI=1S/C32H34O2/c1-31(2,3)25-17-11-23(12-18-25)15-21-29(33)27-9-7-8-10-28(27)30(34)22-16-24-13-19-26(20-14-24)32(4,5)6/h7-14,17-20,29-30,33-34H,1-6H3. The summed E-state index contributed by atoms with van der Waals surface area (Å²) in [7, 11) is 0. The van der Waals surface area contributed by atoms with Crippen molar-refractivity contribution in [3.05, 3.63) is 106 Å². The van der Waals surface area contributed by atoms with Gasteiger partial charge in [-0.2, -0.15) is 0 Å². The lowest BCUT2D eigenvalue weighted by Gasteiger charge is -2.18. The molecule has 2 unspecified atom stereocenters. The molecule has 3 aromatic carbocycles. The Balaban J connectivity index is 1.78. The third-order valence-corrected chi connectivity index (χ3v) is 5.79. The van der Waals surface area contributed by atoms with Crippen LogP contribution in [0.15, 0.2) is 72.8 Å². The Labute approximate surface area is 204 Å². The minimum absolute atomic E-state index is 0.0796. The van der Waals surface area contributed by atoms with Crippen LogP contribution in [0.25, 0.3) is 0 Å². The van der Waals surface area contributed by atoms with E-state index in [2.05, 4.69) is 89.5 Å². The van der Waals surface area contributed by atoms with Crippen molar-refractivity contribution < 1.29 is 10.2 Å². The molecule has 0 fully saturated rings. The molecule has 0 radical (unpaired) electrons. The summed E-state index contributed by atoms with van der Waals surface area (Å²) < 4.78 is 0. The predicted molar refractivity (Wildman–Crippen MR) is 140 cm³/mol. The first kappa shape index (κ1) is 25.3. The topological polar surface area (TPSA) is 40.5 Å². The van der Waals surface area contributed by atoms with Crippen LogP contribution < -0.4 is 0 Å². The van der Waals surface area contributed by atoms with E-state index in [4.69, 9.17) is 0 Å². The Morgan fingerprint density at radius 2 is 0.853 bits per heavy atom. The molecule has 2 heteroatoms. The van der Waals surface area contributed by atoms with Gasteiger partial charge in [-0.15, -0.1) is 0 Å². The molecule has 174 valence electrons. The number of benzene rings is 3. The minimum Gasteiger partial charge on any atom is -0.376 e.